The number of urea groups is 1. The summed E-state index contributed by atoms with van der Waals surface area (Å²) < 4.78 is 37.0. The van der Waals surface area contributed by atoms with E-state index in [1.54, 1.807) is 6.20 Å². The second-order valence-electron chi connectivity index (χ2n) is 6.22. The Hall–Kier alpha value is -3.54. The fraction of sp³-hybridized carbons (Fsp3) is 0.222. The molecule has 5 N–H and O–H groups in total. The van der Waals surface area contributed by atoms with Gasteiger partial charge in [-0.25, -0.2) is 18.6 Å². The summed E-state index contributed by atoms with van der Waals surface area (Å²) in [6, 6.07) is 2.21. The first-order chi connectivity index (χ1) is 14.4. The number of carbonyl (C=O) groups is 2. The van der Waals surface area contributed by atoms with Crippen molar-refractivity contribution >= 4 is 28.5 Å². The zero-order chi connectivity index (χ0) is 21.7. The van der Waals surface area contributed by atoms with E-state index in [4.69, 9.17) is 10.5 Å². The van der Waals surface area contributed by atoms with Crippen LogP contribution in [0, 0.1) is 18.6 Å². The van der Waals surface area contributed by atoms with Crippen LogP contribution >= 0.6 is 11.5 Å². The molecular formula is C18H18F2N6O3S. The van der Waals surface area contributed by atoms with E-state index >= 15 is 0 Å². The minimum Gasteiger partial charge on any atom is -0.471 e. The highest BCUT2D eigenvalue weighted by atomic mass is 32.1. The van der Waals surface area contributed by atoms with Gasteiger partial charge in [0, 0.05) is 30.4 Å². The number of nitrogens with zero attached hydrogens (tertiary/aromatic N) is 2. The Kier molecular flexibility index (Phi) is 6.57. The number of primary amides is 1. The number of benzene rings is 1. The normalized spacial score (nSPS) is 10.6. The van der Waals surface area contributed by atoms with Gasteiger partial charge in [0.05, 0.1) is 6.33 Å². The van der Waals surface area contributed by atoms with E-state index in [9.17, 15) is 18.4 Å². The number of imidazole rings is 1. The predicted octanol–water partition coefficient (Wildman–Crippen LogP) is 2.49. The van der Waals surface area contributed by atoms with E-state index in [0.717, 1.165) is 17.2 Å². The Morgan fingerprint density at radius 3 is 2.80 bits per heavy atom. The highest BCUT2D eigenvalue weighted by Crippen LogP contribution is 2.31. The molecule has 0 aliphatic carbocycles. The first kappa shape index (κ1) is 21.2. The van der Waals surface area contributed by atoms with Gasteiger partial charge in [0.25, 0.3) is 5.91 Å². The van der Waals surface area contributed by atoms with Crippen LogP contribution in [-0.2, 0) is 13.0 Å². The number of carbonyl (C=O) groups excluding carboxylic acids is 2. The summed E-state index contributed by atoms with van der Waals surface area (Å²) in [6.45, 7) is 1.38. The van der Waals surface area contributed by atoms with E-state index in [0.29, 0.717) is 13.0 Å². The molecule has 0 spiro atoms. The molecule has 3 amide bonds. The summed E-state index contributed by atoms with van der Waals surface area (Å²) in [5, 5.41) is 5.18. The first-order valence-corrected chi connectivity index (χ1v) is 9.52. The van der Waals surface area contributed by atoms with Gasteiger partial charge < -0.3 is 20.8 Å². The molecule has 0 saturated heterocycles. The van der Waals surface area contributed by atoms with Crippen LogP contribution in [0.3, 0.4) is 0 Å². The summed E-state index contributed by atoms with van der Waals surface area (Å²) >= 11 is 0.777. The number of nitrogens with one attached hydrogen (secondary N) is 3. The fourth-order valence-electron chi connectivity index (χ4n) is 2.50. The van der Waals surface area contributed by atoms with Crippen molar-refractivity contribution in [3.63, 3.8) is 0 Å². The molecule has 9 nitrogen and oxygen atoms in total. The van der Waals surface area contributed by atoms with Gasteiger partial charge in [-0.3, -0.25) is 10.1 Å². The minimum absolute atomic E-state index is 0.0485. The third kappa shape index (κ3) is 4.89. The maximum absolute atomic E-state index is 14.0. The maximum Gasteiger partial charge on any atom is 0.319 e. The number of H-pyrrole nitrogens is 1. The van der Waals surface area contributed by atoms with Gasteiger partial charge in [-0.1, -0.05) is 12.1 Å². The number of aromatic nitrogens is 3. The number of aryl methyl sites for hydroxylation is 1. The molecule has 2 heterocycles. The van der Waals surface area contributed by atoms with E-state index in [-0.39, 0.29) is 34.2 Å². The van der Waals surface area contributed by atoms with Crippen LogP contribution < -0.4 is 21.1 Å². The Balaban J connectivity index is 1.64. The van der Waals surface area contributed by atoms with Gasteiger partial charge in [0.1, 0.15) is 17.2 Å². The zero-order valence-electron chi connectivity index (χ0n) is 15.8. The molecule has 158 valence electrons. The molecule has 0 fully saturated rings. The third-order valence-corrected chi connectivity index (χ3v) is 4.83. The Morgan fingerprint density at radius 2 is 2.10 bits per heavy atom. The second kappa shape index (κ2) is 9.31. The number of hydrogen-bond acceptors (Lipinski definition) is 6. The average Bonchev–Trinajstić information content (AvgIpc) is 3.35. The smallest absolute Gasteiger partial charge is 0.319 e. The van der Waals surface area contributed by atoms with Gasteiger partial charge in [0.15, 0.2) is 11.6 Å². The summed E-state index contributed by atoms with van der Waals surface area (Å²) in [7, 11) is 0. The maximum atomic E-state index is 14.0. The number of aromatic amines is 1. The van der Waals surface area contributed by atoms with Crippen LogP contribution in [0.4, 0.5) is 18.6 Å². The lowest BCUT2D eigenvalue weighted by Gasteiger charge is -2.09. The molecule has 0 aliphatic rings. The molecule has 0 unspecified atom stereocenters. The van der Waals surface area contributed by atoms with E-state index in [1.807, 2.05) is 0 Å². The molecule has 0 radical (unpaired) electrons. The monoisotopic (exact) mass is 436 g/mol. The molecule has 0 saturated carbocycles. The van der Waals surface area contributed by atoms with Crippen molar-refractivity contribution < 1.29 is 23.1 Å². The lowest BCUT2D eigenvalue weighted by molar-refractivity contribution is 0.0996. The standard InChI is InChI=1S/C18H18F2N6O3S/c1-9-2-3-10(14(20)13(9)19)7-29-16-12(15(21)27)17(30-26-16)25-18(28)23-5-4-11-6-22-8-24-11/h2-3,6,8H,4-5,7H2,1H3,(H2,21,27)(H,22,24)(H2,23,25,28). The molecule has 2 aromatic heterocycles. The summed E-state index contributed by atoms with van der Waals surface area (Å²) in [5.41, 5.74) is 6.18. The lowest BCUT2D eigenvalue weighted by atomic mass is 10.1. The van der Waals surface area contributed by atoms with Crippen LogP contribution in [0.1, 0.15) is 27.2 Å². The number of hydrogen-bond donors (Lipinski definition) is 4. The Morgan fingerprint density at radius 1 is 1.30 bits per heavy atom. The van der Waals surface area contributed by atoms with Crippen LogP contribution in [-0.4, -0.2) is 32.8 Å². The predicted molar refractivity (Wildman–Crippen MR) is 105 cm³/mol. The molecule has 3 rings (SSSR count). The zero-order valence-corrected chi connectivity index (χ0v) is 16.6. The van der Waals surface area contributed by atoms with Crippen molar-refractivity contribution in [3.05, 3.63) is 58.7 Å². The van der Waals surface area contributed by atoms with E-state index < -0.39 is 23.6 Å². The van der Waals surface area contributed by atoms with Gasteiger partial charge in [0.2, 0.25) is 5.88 Å². The number of rotatable bonds is 8. The summed E-state index contributed by atoms with van der Waals surface area (Å²) in [4.78, 5) is 30.7. The molecule has 0 atom stereocenters. The molecule has 12 heteroatoms. The third-order valence-electron chi connectivity index (χ3n) is 4.09. The summed E-state index contributed by atoms with van der Waals surface area (Å²) in [6.07, 6.45) is 3.70. The molecule has 1 aromatic carbocycles. The van der Waals surface area contributed by atoms with Crippen molar-refractivity contribution in [1.29, 1.82) is 0 Å². The highest BCUT2D eigenvalue weighted by Gasteiger charge is 2.22. The lowest BCUT2D eigenvalue weighted by Crippen LogP contribution is -2.31. The number of halogens is 2. The van der Waals surface area contributed by atoms with E-state index in [2.05, 4.69) is 25.0 Å². The number of nitrogens with two attached hydrogens (primary N) is 1. The topological polar surface area (TPSA) is 135 Å². The molecule has 0 bridgehead atoms. The minimum atomic E-state index is -1.04. The van der Waals surface area contributed by atoms with Crippen molar-refractivity contribution in [3.8, 4) is 5.88 Å². The van der Waals surface area contributed by atoms with Crippen LogP contribution in [0.2, 0.25) is 0 Å². The quantitative estimate of drug-likeness (QED) is 0.430. The second-order valence-corrected chi connectivity index (χ2v) is 7.00. The molecular weight excluding hydrogens is 418 g/mol. The Labute approximate surface area is 173 Å². The van der Waals surface area contributed by atoms with Crippen molar-refractivity contribution in [2.45, 2.75) is 20.0 Å². The average molecular weight is 436 g/mol. The molecule has 0 aliphatic heterocycles. The number of amides is 3. The largest absolute Gasteiger partial charge is 0.471 e. The van der Waals surface area contributed by atoms with Gasteiger partial charge in [-0.2, -0.15) is 4.37 Å². The van der Waals surface area contributed by atoms with Crippen LogP contribution in [0.15, 0.2) is 24.7 Å². The van der Waals surface area contributed by atoms with Gasteiger partial charge in [-0.15, -0.1) is 0 Å². The number of anilines is 1. The highest BCUT2D eigenvalue weighted by molar-refractivity contribution is 7.11. The molecule has 3 aromatic rings. The van der Waals surface area contributed by atoms with Crippen molar-refractivity contribution in [1.82, 2.24) is 19.7 Å². The Bertz CT molecular complexity index is 1050. The molecule has 30 heavy (non-hydrogen) atoms. The van der Waals surface area contributed by atoms with E-state index in [1.165, 1.54) is 25.4 Å². The fourth-order valence-corrected chi connectivity index (χ4v) is 3.24. The van der Waals surface area contributed by atoms with Gasteiger partial charge >= 0.3 is 6.03 Å². The SMILES string of the molecule is Cc1ccc(COc2nsc(NC(=O)NCCc3cnc[nH]3)c2C(N)=O)c(F)c1F. The first-order valence-electron chi connectivity index (χ1n) is 8.74. The van der Waals surface area contributed by atoms with Crippen molar-refractivity contribution in [2.75, 3.05) is 11.9 Å². The van der Waals surface area contributed by atoms with Gasteiger partial charge in [-0.05, 0) is 24.0 Å². The van der Waals surface area contributed by atoms with Crippen molar-refractivity contribution in [2.24, 2.45) is 5.73 Å². The number of ether oxygens (including phenoxy) is 1. The van der Waals surface area contributed by atoms with Crippen LogP contribution in [0.25, 0.3) is 0 Å². The summed E-state index contributed by atoms with van der Waals surface area (Å²) in [5.74, 6) is -3.08. The van der Waals surface area contributed by atoms with Crippen LogP contribution in [0.5, 0.6) is 5.88 Å².